The molecule has 3 rings (SSSR count). The van der Waals surface area contributed by atoms with Gasteiger partial charge in [-0.15, -0.1) is 0 Å². The van der Waals surface area contributed by atoms with Crippen LogP contribution in [0.4, 0.5) is 4.79 Å². The number of methoxy groups -OCH3 is 1. The van der Waals surface area contributed by atoms with Crippen molar-refractivity contribution in [2.75, 3.05) is 7.11 Å². The molecule has 1 unspecified atom stereocenters. The minimum atomic E-state index is -0.368. The van der Waals surface area contributed by atoms with Crippen LogP contribution in [0.1, 0.15) is 30.0 Å². The number of carbonyl (C=O) groups excluding carboxylic acids is 1. The number of benzene rings is 1. The van der Waals surface area contributed by atoms with E-state index in [1.807, 2.05) is 6.07 Å². The predicted molar refractivity (Wildman–Crippen MR) is 72.3 cm³/mol. The molecule has 1 aliphatic heterocycles. The lowest BCUT2D eigenvalue weighted by atomic mass is 10.0. The van der Waals surface area contributed by atoms with Gasteiger partial charge in [0.2, 0.25) is 0 Å². The highest BCUT2D eigenvalue weighted by atomic mass is 16.5. The van der Waals surface area contributed by atoms with E-state index in [0.717, 1.165) is 18.4 Å². The van der Waals surface area contributed by atoms with Crippen LogP contribution in [0, 0.1) is 11.3 Å². The number of amidine groups is 1. The van der Waals surface area contributed by atoms with Crippen LogP contribution in [0.2, 0.25) is 0 Å². The van der Waals surface area contributed by atoms with Crippen LogP contribution in [0.25, 0.3) is 0 Å². The second-order valence-electron chi connectivity index (χ2n) is 4.93. The molecular formula is C14H14N4O2. The summed E-state index contributed by atoms with van der Waals surface area (Å²) in [6, 6.07) is 6.89. The molecule has 0 aromatic heterocycles. The maximum absolute atomic E-state index is 11.9. The summed E-state index contributed by atoms with van der Waals surface area (Å²) in [5.74, 6) is 0.796. The van der Waals surface area contributed by atoms with Crippen LogP contribution in [0.15, 0.2) is 23.2 Å². The zero-order chi connectivity index (χ0) is 14.3. The zero-order valence-electron chi connectivity index (χ0n) is 11.0. The quantitative estimate of drug-likeness (QED) is 0.902. The van der Waals surface area contributed by atoms with E-state index in [-0.39, 0.29) is 24.0 Å². The molecule has 1 aromatic carbocycles. The van der Waals surface area contributed by atoms with Gasteiger partial charge in [0, 0.05) is 6.04 Å². The lowest BCUT2D eigenvalue weighted by Gasteiger charge is -2.24. The average molecular weight is 270 g/mol. The van der Waals surface area contributed by atoms with Crippen LogP contribution < -0.4 is 10.5 Å². The molecule has 0 spiro atoms. The van der Waals surface area contributed by atoms with Gasteiger partial charge < -0.3 is 15.4 Å². The molecule has 6 nitrogen and oxygen atoms in total. The summed E-state index contributed by atoms with van der Waals surface area (Å²) in [6.45, 7) is 0. The molecule has 1 fully saturated rings. The highest BCUT2D eigenvalue weighted by Crippen LogP contribution is 2.38. The number of urea groups is 1. The van der Waals surface area contributed by atoms with Gasteiger partial charge in [0.1, 0.15) is 23.7 Å². The number of nitrogens with zero attached hydrogens (tertiary/aromatic N) is 3. The Morgan fingerprint density at radius 3 is 2.85 bits per heavy atom. The van der Waals surface area contributed by atoms with Crippen molar-refractivity contribution in [3.8, 4) is 11.8 Å². The van der Waals surface area contributed by atoms with Gasteiger partial charge in [-0.05, 0) is 30.5 Å². The SMILES string of the molecule is COc1ccc(C2C(N)=NC(=O)N2C2CC2)cc1C#N. The number of hydrogen-bond donors (Lipinski definition) is 1. The van der Waals surface area contributed by atoms with Crippen molar-refractivity contribution >= 4 is 11.9 Å². The largest absolute Gasteiger partial charge is 0.495 e. The van der Waals surface area contributed by atoms with Crippen molar-refractivity contribution in [2.24, 2.45) is 10.7 Å². The Kier molecular flexibility index (Phi) is 2.83. The second kappa shape index (κ2) is 4.53. The smallest absolute Gasteiger partial charge is 0.346 e. The Morgan fingerprint density at radius 1 is 1.50 bits per heavy atom. The van der Waals surface area contributed by atoms with Crippen LogP contribution >= 0.6 is 0 Å². The number of nitriles is 1. The fraction of sp³-hybridized carbons (Fsp3) is 0.357. The Bertz CT molecular complexity index is 643. The van der Waals surface area contributed by atoms with E-state index in [9.17, 15) is 4.79 Å². The van der Waals surface area contributed by atoms with E-state index in [0.29, 0.717) is 11.3 Å². The molecule has 20 heavy (non-hydrogen) atoms. The number of aliphatic imine (C=N–C) groups is 1. The molecule has 0 bridgehead atoms. The lowest BCUT2D eigenvalue weighted by Crippen LogP contribution is -2.35. The minimum Gasteiger partial charge on any atom is -0.495 e. The summed E-state index contributed by atoms with van der Waals surface area (Å²) in [6.07, 6.45) is 1.96. The van der Waals surface area contributed by atoms with Gasteiger partial charge in [0.05, 0.1) is 12.7 Å². The van der Waals surface area contributed by atoms with Gasteiger partial charge in [0.15, 0.2) is 0 Å². The third kappa shape index (κ3) is 1.88. The van der Waals surface area contributed by atoms with Crippen LogP contribution in [-0.4, -0.2) is 29.9 Å². The predicted octanol–water partition coefficient (Wildman–Crippen LogP) is 1.56. The maximum atomic E-state index is 11.9. The first-order valence-electron chi connectivity index (χ1n) is 6.40. The first-order valence-corrected chi connectivity index (χ1v) is 6.40. The molecule has 2 N–H and O–H groups in total. The Labute approximate surface area is 116 Å². The van der Waals surface area contributed by atoms with E-state index in [2.05, 4.69) is 11.1 Å². The first-order chi connectivity index (χ1) is 9.65. The molecule has 2 aliphatic rings. The second-order valence-corrected chi connectivity index (χ2v) is 4.93. The Morgan fingerprint density at radius 2 is 2.25 bits per heavy atom. The standard InChI is InChI=1S/C14H14N4O2/c1-20-11-5-2-8(6-9(11)7-15)12-13(16)17-14(19)18(12)10-3-4-10/h2,5-6,10,12H,3-4H2,1H3,(H2,16,17,19). The summed E-state index contributed by atoms with van der Waals surface area (Å²) in [5, 5.41) is 9.15. The van der Waals surface area contributed by atoms with Crippen LogP contribution in [0.5, 0.6) is 5.75 Å². The summed E-state index contributed by atoms with van der Waals surface area (Å²) < 4.78 is 5.12. The summed E-state index contributed by atoms with van der Waals surface area (Å²) >= 11 is 0. The van der Waals surface area contributed by atoms with Crippen molar-refractivity contribution in [1.82, 2.24) is 4.90 Å². The monoisotopic (exact) mass is 270 g/mol. The topological polar surface area (TPSA) is 91.7 Å². The highest BCUT2D eigenvalue weighted by molar-refractivity contribution is 6.03. The third-order valence-electron chi connectivity index (χ3n) is 3.60. The zero-order valence-corrected chi connectivity index (χ0v) is 11.0. The molecule has 1 aliphatic carbocycles. The summed E-state index contributed by atoms with van der Waals surface area (Å²) in [7, 11) is 1.52. The highest BCUT2D eigenvalue weighted by Gasteiger charge is 2.43. The molecule has 1 atom stereocenters. The van der Waals surface area contributed by atoms with Crippen LogP contribution in [0.3, 0.4) is 0 Å². The van der Waals surface area contributed by atoms with E-state index in [4.69, 9.17) is 15.7 Å². The lowest BCUT2D eigenvalue weighted by molar-refractivity contribution is 0.203. The molecule has 1 heterocycles. The summed E-state index contributed by atoms with van der Waals surface area (Å²) in [5.41, 5.74) is 7.11. The molecule has 1 aromatic rings. The normalized spacial score (nSPS) is 21.6. The maximum Gasteiger partial charge on any atom is 0.346 e. The Balaban J connectivity index is 2.01. The molecule has 2 amide bonds. The fourth-order valence-electron chi connectivity index (χ4n) is 2.52. The first kappa shape index (κ1) is 12.5. The van der Waals surface area contributed by atoms with Crippen molar-refractivity contribution in [3.63, 3.8) is 0 Å². The molecule has 0 saturated heterocycles. The van der Waals surface area contributed by atoms with Gasteiger partial charge >= 0.3 is 6.03 Å². The molecule has 0 radical (unpaired) electrons. The van der Waals surface area contributed by atoms with E-state index >= 15 is 0 Å². The molecule has 102 valence electrons. The number of hydrogen-bond acceptors (Lipinski definition) is 4. The van der Waals surface area contributed by atoms with Crippen molar-refractivity contribution < 1.29 is 9.53 Å². The van der Waals surface area contributed by atoms with Gasteiger partial charge in [-0.3, -0.25) is 0 Å². The van der Waals surface area contributed by atoms with E-state index in [1.165, 1.54) is 7.11 Å². The molecular weight excluding hydrogens is 256 g/mol. The summed E-state index contributed by atoms with van der Waals surface area (Å²) in [4.78, 5) is 17.5. The van der Waals surface area contributed by atoms with E-state index in [1.54, 1.807) is 17.0 Å². The number of nitrogens with two attached hydrogens (primary N) is 1. The van der Waals surface area contributed by atoms with Gasteiger partial charge in [-0.25, -0.2) is 4.79 Å². The minimum absolute atomic E-state index is 0.213. The average Bonchev–Trinajstić information content (AvgIpc) is 3.23. The van der Waals surface area contributed by atoms with Crippen LogP contribution in [-0.2, 0) is 0 Å². The van der Waals surface area contributed by atoms with Gasteiger partial charge in [-0.2, -0.15) is 10.3 Å². The third-order valence-corrected chi connectivity index (χ3v) is 3.60. The van der Waals surface area contributed by atoms with Gasteiger partial charge in [-0.1, -0.05) is 6.07 Å². The van der Waals surface area contributed by atoms with E-state index < -0.39 is 0 Å². The molecule has 1 saturated carbocycles. The fourth-order valence-corrected chi connectivity index (χ4v) is 2.52. The number of amides is 2. The van der Waals surface area contributed by atoms with Crippen molar-refractivity contribution in [2.45, 2.75) is 24.9 Å². The van der Waals surface area contributed by atoms with Gasteiger partial charge in [0.25, 0.3) is 0 Å². The number of carbonyl (C=O) groups is 1. The number of ether oxygens (including phenoxy) is 1. The van der Waals surface area contributed by atoms with Crippen molar-refractivity contribution in [1.29, 1.82) is 5.26 Å². The number of rotatable bonds is 3. The Hall–Kier alpha value is -2.55. The molecule has 6 heteroatoms. The van der Waals surface area contributed by atoms with Crippen molar-refractivity contribution in [3.05, 3.63) is 29.3 Å².